The van der Waals surface area contributed by atoms with Crippen LogP contribution >= 0.6 is 0 Å². The van der Waals surface area contributed by atoms with Gasteiger partial charge in [0.2, 0.25) is 5.91 Å². The molecule has 1 atom stereocenters. The molecule has 0 rings (SSSR count). The van der Waals surface area contributed by atoms with E-state index in [4.69, 9.17) is 14.2 Å². The molecule has 0 bridgehead atoms. The lowest BCUT2D eigenvalue weighted by atomic mass is 10.0. The summed E-state index contributed by atoms with van der Waals surface area (Å²) < 4.78 is 16.0. The SMILES string of the molecule is CCCCOCCOCCOCC(=O)NCCCC(C)CC. The Morgan fingerprint density at radius 2 is 1.59 bits per heavy atom. The van der Waals surface area contributed by atoms with Crippen molar-refractivity contribution >= 4 is 5.91 Å². The second-order valence-corrected chi connectivity index (χ2v) is 5.64. The molecular formula is C17H35NO4. The maximum Gasteiger partial charge on any atom is 0.245 e. The van der Waals surface area contributed by atoms with Crippen molar-refractivity contribution in [2.75, 3.05) is 46.2 Å². The van der Waals surface area contributed by atoms with Crippen molar-refractivity contribution in [1.29, 1.82) is 0 Å². The molecule has 132 valence electrons. The summed E-state index contributed by atoms with van der Waals surface area (Å²) in [4.78, 5) is 11.5. The van der Waals surface area contributed by atoms with Crippen LogP contribution in [0.2, 0.25) is 0 Å². The Hall–Kier alpha value is -0.650. The third-order valence-corrected chi connectivity index (χ3v) is 3.51. The first-order valence-electron chi connectivity index (χ1n) is 8.70. The van der Waals surface area contributed by atoms with Crippen LogP contribution in [0.3, 0.4) is 0 Å². The van der Waals surface area contributed by atoms with Crippen LogP contribution < -0.4 is 5.32 Å². The van der Waals surface area contributed by atoms with Gasteiger partial charge in [-0.25, -0.2) is 0 Å². The Balaban J connectivity index is 3.18. The number of unbranched alkanes of at least 4 members (excludes halogenated alkanes) is 1. The van der Waals surface area contributed by atoms with Crippen LogP contribution in [-0.4, -0.2) is 52.1 Å². The summed E-state index contributed by atoms with van der Waals surface area (Å²) in [7, 11) is 0. The van der Waals surface area contributed by atoms with E-state index in [-0.39, 0.29) is 12.5 Å². The van der Waals surface area contributed by atoms with E-state index in [0.29, 0.717) is 26.4 Å². The average molecular weight is 317 g/mol. The molecule has 1 amide bonds. The van der Waals surface area contributed by atoms with Crippen molar-refractivity contribution in [3.8, 4) is 0 Å². The van der Waals surface area contributed by atoms with E-state index in [2.05, 4.69) is 26.1 Å². The normalized spacial score (nSPS) is 12.3. The molecule has 0 aromatic rings. The van der Waals surface area contributed by atoms with E-state index in [1.165, 1.54) is 6.42 Å². The number of nitrogens with one attached hydrogen (secondary N) is 1. The van der Waals surface area contributed by atoms with Crippen molar-refractivity contribution in [3.05, 3.63) is 0 Å². The predicted molar refractivity (Wildman–Crippen MR) is 89.1 cm³/mol. The Bertz CT molecular complexity index is 249. The summed E-state index contributed by atoms with van der Waals surface area (Å²) in [6.07, 6.45) is 5.62. The summed E-state index contributed by atoms with van der Waals surface area (Å²) in [6, 6.07) is 0. The Morgan fingerprint density at radius 1 is 0.955 bits per heavy atom. The fourth-order valence-electron chi connectivity index (χ4n) is 1.78. The minimum absolute atomic E-state index is 0.0490. The van der Waals surface area contributed by atoms with Gasteiger partial charge in [0.05, 0.1) is 26.4 Å². The lowest BCUT2D eigenvalue weighted by molar-refractivity contribution is -0.126. The van der Waals surface area contributed by atoms with Gasteiger partial charge < -0.3 is 19.5 Å². The maximum absolute atomic E-state index is 11.5. The fraction of sp³-hybridized carbons (Fsp3) is 0.941. The van der Waals surface area contributed by atoms with Crippen molar-refractivity contribution in [3.63, 3.8) is 0 Å². The van der Waals surface area contributed by atoms with Gasteiger partial charge in [0.15, 0.2) is 0 Å². The number of hydrogen-bond donors (Lipinski definition) is 1. The highest BCUT2D eigenvalue weighted by molar-refractivity contribution is 5.77. The van der Waals surface area contributed by atoms with Crippen molar-refractivity contribution in [1.82, 2.24) is 5.32 Å². The first-order valence-corrected chi connectivity index (χ1v) is 8.70. The maximum atomic E-state index is 11.5. The van der Waals surface area contributed by atoms with E-state index in [1.54, 1.807) is 0 Å². The Morgan fingerprint density at radius 3 is 2.23 bits per heavy atom. The second kappa shape index (κ2) is 16.7. The molecule has 1 N–H and O–H groups in total. The Kier molecular flexibility index (Phi) is 16.2. The van der Waals surface area contributed by atoms with Gasteiger partial charge in [-0.05, 0) is 25.2 Å². The summed E-state index contributed by atoms with van der Waals surface area (Å²) in [5.74, 6) is 0.684. The highest BCUT2D eigenvalue weighted by Gasteiger charge is 2.02. The minimum atomic E-state index is -0.0490. The van der Waals surface area contributed by atoms with E-state index >= 15 is 0 Å². The molecular weight excluding hydrogens is 282 g/mol. The molecule has 0 spiro atoms. The highest BCUT2D eigenvalue weighted by Crippen LogP contribution is 2.07. The average Bonchev–Trinajstić information content (AvgIpc) is 2.53. The molecule has 0 saturated carbocycles. The number of amides is 1. The zero-order valence-corrected chi connectivity index (χ0v) is 14.7. The smallest absolute Gasteiger partial charge is 0.245 e. The summed E-state index contributed by atoms with van der Waals surface area (Å²) >= 11 is 0. The number of hydrogen-bond acceptors (Lipinski definition) is 4. The second-order valence-electron chi connectivity index (χ2n) is 5.64. The van der Waals surface area contributed by atoms with Crippen LogP contribution in [0, 0.1) is 5.92 Å². The van der Waals surface area contributed by atoms with Crippen LogP contribution in [0.5, 0.6) is 0 Å². The number of ether oxygens (including phenoxy) is 3. The standard InChI is InChI=1S/C17H35NO4/c1-4-6-10-20-11-12-21-13-14-22-15-17(19)18-9-7-8-16(3)5-2/h16H,4-15H2,1-3H3,(H,18,19). The molecule has 0 aromatic carbocycles. The van der Waals surface area contributed by atoms with Gasteiger partial charge in [-0.2, -0.15) is 0 Å². The number of rotatable bonds is 16. The van der Waals surface area contributed by atoms with Crippen LogP contribution in [-0.2, 0) is 19.0 Å². The van der Waals surface area contributed by atoms with E-state index in [9.17, 15) is 4.79 Å². The molecule has 0 fully saturated rings. The van der Waals surface area contributed by atoms with Gasteiger partial charge in [0.25, 0.3) is 0 Å². The zero-order chi connectivity index (χ0) is 16.5. The van der Waals surface area contributed by atoms with Gasteiger partial charge in [0, 0.05) is 13.2 Å². The molecule has 0 aromatic heterocycles. The molecule has 0 heterocycles. The summed E-state index contributed by atoms with van der Waals surface area (Å²) in [6.45, 7) is 10.3. The fourth-order valence-corrected chi connectivity index (χ4v) is 1.78. The lowest BCUT2D eigenvalue weighted by Crippen LogP contribution is -2.29. The van der Waals surface area contributed by atoms with Gasteiger partial charge in [-0.3, -0.25) is 4.79 Å². The van der Waals surface area contributed by atoms with Crippen LogP contribution in [0.15, 0.2) is 0 Å². The monoisotopic (exact) mass is 317 g/mol. The largest absolute Gasteiger partial charge is 0.379 e. The third kappa shape index (κ3) is 15.7. The molecule has 0 aliphatic heterocycles. The first-order chi connectivity index (χ1) is 10.7. The molecule has 0 aliphatic carbocycles. The molecule has 22 heavy (non-hydrogen) atoms. The topological polar surface area (TPSA) is 56.8 Å². The van der Waals surface area contributed by atoms with Crippen LogP contribution in [0.25, 0.3) is 0 Å². The highest BCUT2D eigenvalue weighted by atomic mass is 16.5. The summed E-state index contributed by atoms with van der Waals surface area (Å²) in [5.41, 5.74) is 0. The molecule has 0 aliphatic rings. The minimum Gasteiger partial charge on any atom is -0.379 e. The van der Waals surface area contributed by atoms with Crippen LogP contribution in [0.1, 0.15) is 52.9 Å². The first kappa shape index (κ1) is 21.4. The molecule has 5 heteroatoms. The zero-order valence-electron chi connectivity index (χ0n) is 14.7. The summed E-state index contributed by atoms with van der Waals surface area (Å²) in [5, 5.41) is 2.87. The third-order valence-electron chi connectivity index (χ3n) is 3.51. The lowest BCUT2D eigenvalue weighted by Gasteiger charge is -2.09. The molecule has 1 unspecified atom stereocenters. The predicted octanol–water partition coefficient (Wildman–Crippen LogP) is 2.78. The van der Waals surface area contributed by atoms with Crippen molar-refractivity contribution in [2.24, 2.45) is 5.92 Å². The quantitative estimate of drug-likeness (QED) is 0.445. The number of carbonyl (C=O) groups excluding carboxylic acids is 1. The number of carbonyl (C=O) groups is 1. The van der Waals surface area contributed by atoms with Crippen LogP contribution in [0.4, 0.5) is 0 Å². The van der Waals surface area contributed by atoms with Gasteiger partial charge in [-0.1, -0.05) is 33.6 Å². The van der Waals surface area contributed by atoms with Gasteiger partial charge in [-0.15, -0.1) is 0 Å². The van der Waals surface area contributed by atoms with Gasteiger partial charge >= 0.3 is 0 Å². The van der Waals surface area contributed by atoms with Crippen molar-refractivity contribution < 1.29 is 19.0 Å². The molecule has 0 radical (unpaired) electrons. The van der Waals surface area contributed by atoms with E-state index in [0.717, 1.165) is 44.8 Å². The van der Waals surface area contributed by atoms with E-state index in [1.807, 2.05) is 0 Å². The van der Waals surface area contributed by atoms with Crippen molar-refractivity contribution in [2.45, 2.75) is 52.9 Å². The molecule has 0 saturated heterocycles. The van der Waals surface area contributed by atoms with E-state index < -0.39 is 0 Å². The Labute approximate surface area is 136 Å². The molecule has 5 nitrogen and oxygen atoms in total. The van der Waals surface area contributed by atoms with Gasteiger partial charge in [0.1, 0.15) is 6.61 Å².